The van der Waals surface area contributed by atoms with Gasteiger partial charge in [-0.1, -0.05) is 66.7 Å². The average molecular weight is 447 g/mol. The Morgan fingerprint density at radius 3 is 2.09 bits per heavy atom. The SMILES string of the molecule is CC(=O)Nc1ccc(NC2=C(c3ccccc3)C(=O)N(c3cccc4ccccc34)C2=O)cc1. The molecule has 3 amide bonds. The van der Waals surface area contributed by atoms with Gasteiger partial charge in [0.25, 0.3) is 11.8 Å². The number of nitrogens with one attached hydrogen (secondary N) is 2. The lowest BCUT2D eigenvalue weighted by Crippen LogP contribution is -2.32. The second-order valence-corrected chi connectivity index (χ2v) is 7.94. The number of hydrogen-bond donors (Lipinski definition) is 2. The Hall–Kier alpha value is -4.71. The average Bonchev–Trinajstić information content (AvgIpc) is 3.09. The Morgan fingerprint density at radius 2 is 1.35 bits per heavy atom. The monoisotopic (exact) mass is 447 g/mol. The first-order valence-corrected chi connectivity index (χ1v) is 10.8. The summed E-state index contributed by atoms with van der Waals surface area (Å²) in [5.41, 5.74) is 2.97. The van der Waals surface area contributed by atoms with Crippen LogP contribution >= 0.6 is 0 Å². The second-order valence-electron chi connectivity index (χ2n) is 7.94. The molecule has 4 aromatic carbocycles. The van der Waals surface area contributed by atoms with Crippen LogP contribution in [0.1, 0.15) is 12.5 Å². The summed E-state index contributed by atoms with van der Waals surface area (Å²) < 4.78 is 0. The third-order valence-corrected chi connectivity index (χ3v) is 5.63. The standard InChI is InChI=1S/C28H21N3O3/c1-18(32)29-21-14-16-22(17-15-21)30-26-25(20-9-3-2-4-10-20)27(33)31(28(26)34)24-13-7-11-19-8-5-6-12-23(19)24/h2-17,30H,1H3,(H,29,32). The van der Waals surface area contributed by atoms with Crippen molar-refractivity contribution in [2.75, 3.05) is 15.5 Å². The number of rotatable bonds is 5. The number of hydrogen-bond acceptors (Lipinski definition) is 4. The number of anilines is 3. The zero-order chi connectivity index (χ0) is 23.7. The normalized spacial score (nSPS) is 13.5. The molecule has 0 bridgehead atoms. The van der Waals surface area contributed by atoms with Crippen molar-refractivity contribution in [3.8, 4) is 0 Å². The molecule has 0 aliphatic carbocycles. The molecule has 1 heterocycles. The molecule has 5 rings (SSSR count). The van der Waals surface area contributed by atoms with Crippen LogP contribution in [0, 0.1) is 0 Å². The lowest BCUT2D eigenvalue weighted by Gasteiger charge is -2.18. The van der Waals surface area contributed by atoms with Gasteiger partial charge in [0.2, 0.25) is 5.91 Å². The van der Waals surface area contributed by atoms with E-state index in [2.05, 4.69) is 10.6 Å². The molecule has 4 aromatic rings. The minimum atomic E-state index is -0.425. The van der Waals surface area contributed by atoms with Crippen molar-refractivity contribution in [3.63, 3.8) is 0 Å². The first-order chi connectivity index (χ1) is 16.5. The molecule has 0 fully saturated rings. The van der Waals surface area contributed by atoms with Crippen molar-refractivity contribution in [1.29, 1.82) is 0 Å². The molecule has 0 saturated heterocycles. The summed E-state index contributed by atoms with van der Waals surface area (Å²) >= 11 is 0. The number of imide groups is 1. The highest BCUT2D eigenvalue weighted by molar-refractivity contribution is 6.47. The largest absolute Gasteiger partial charge is 0.350 e. The third-order valence-electron chi connectivity index (χ3n) is 5.63. The summed E-state index contributed by atoms with van der Waals surface area (Å²) in [6, 6.07) is 29.4. The van der Waals surface area contributed by atoms with Gasteiger partial charge in [0.15, 0.2) is 0 Å². The van der Waals surface area contributed by atoms with Crippen molar-refractivity contribution in [1.82, 2.24) is 0 Å². The molecule has 0 spiro atoms. The van der Waals surface area contributed by atoms with Crippen LogP contribution in [0.3, 0.4) is 0 Å². The smallest absolute Gasteiger partial charge is 0.282 e. The van der Waals surface area contributed by atoms with Crippen LogP contribution in [0.2, 0.25) is 0 Å². The van der Waals surface area contributed by atoms with E-state index in [9.17, 15) is 14.4 Å². The number of amides is 3. The van der Waals surface area contributed by atoms with E-state index in [1.807, 2.05) is 66.7 Å². The molecular weight excluding hydrogens is 426 g/mol. The van der Waals surface area contributed by atoms with E-state index in [1.54, 1.807) is 30.3 Å². The number of fused-ring (bicyclic) bond motifs is 1. The van der Waals surface area contributed by atoms with Crippen LogP contribution in [0.4, 0.5) is 17.1 Å². The number of carbonyl (C=O) groups is 3. The lowest BCUT2D eigenvalue weighted by atomic mass is 10.0. The van der Waals surface area contributed by atoms with Crippen molar-refractivity contribution >= 4 is 51.1 Å². The summed E-state index contributed by atoms with van der Waals surface area (Å²) in [5.74, 6) is -0.979. The van der Waals surface area contributed by atoms with Gasteiger partial charge >= 0.3 is 0 Å². The Morgan fingerprint density at radius 1 is 0.706 bits per heavy atom. The maximum absolute atomic E-state index is 13.7. The number of nitrogens with zero attached hydrogens (tertiary/aromatic N) is 1. The Labute approximate surface area is 196 Å². The maximum atomic E-state index is 13.7. The predicted molar refractivity (Wildman–Crippen MR) is 134 cm³/mol. The molecule has 6 heteroatoms. The summed E-state index contributed by atoms with van der Waals surface area (Å²) in [5, 5.41) is 7.63. The van der Waals surface area contributed by atoms with Gasteiger partial charge in [0, 0.05) is 23.7 Å². The van der Waals surface area contributed by atoms with Crippen molar-refractivity contribution in [2.24, 2.45) is 0 Å². The molecule has 1 aliphatic rings. The van der Waals surface area contributed by atoms with Gasteiger partial charge in [0.1, 0.15) is 5.70 Å². The van der Waals surface area contributed by atoms with E-state index in [0.29, 0.717) is 28.2 Å². The molecule has 1 aliphatic heterocycles. The Balaban J connectivity index is 1.58. The van der Waals surface area contributed by atoms with Gasteiger partial charge in [-0.05, 0) is 41.3 Å². The van der Waals surface area contributed by atoms with Crippen LogP contribution in [-0.2, 0) is 14.4 Å². The molecule has 0 atom stereocenters. The quantitative estimate of drug-likeness (QED) is 0.413. The fourth-order valence-corrected chi connectivity index (χ4v) is 4.12. The van der Waals surface area contributed by atoms with E-state index in [-0.39, 0.29) is 17.5 Å². The first-order valence-electron chi connectivity index (χ1n) is 10.8. The fourth-order valence-electron chi connectivity index (χ4n) is 4.12. The van der Waals surface area contributed by atoms with E-state index in [4.69, 9.17) is 0 Å². The minimum absolute atomic E-state index is 0.169. The van der Waals surface area contributed by atoms with E-state index >= 15 is 0 Å². The van der Waals surface area contributed by atoms with Gasteiger partial charge in [-0.2, -0.15) is 0 Å². The summed E-state index contributed by atoms with van der Waals surface area (Å²) in [6.45, 7) is 1.44. The molecule has 0 aromatic heterocycles. The third kappa shape index (κ3) is 3.82. The van der Waals surface area contributed by atoms with Crippen LogP contribution in [0.15, 0.2) is 103 Å². The number of carbonyl (C=O) groups excluding carboxylic acids is 3. The summed E-state index contributed by atoms with van der Waals surface area (Å²) in [6.07, 6.45) is 0. The van der Waals surface area contributed by atoms with Crippen molar-refractivity contribution in [3.05, 3.63) is 108 Å². The predicted octanol–water partition coefficient (Wildman–Crippen LogP) is 5.19. The Kier molecular flexibility index (Phi) is 5.40. The second kappa shape index (κ2) is 8.67. The van der Waals surface area contributed by atoms with Crippen molar-refractivity contribution < 1.29 is 14.4 Å². The summed E-state index contributed by atoms with van der Waals surface area (Å²) in [7, 11) is 0. The maximum Gasteiger partial charge on any atom is 0.282 e. The summed E-state index contributed by atoms with van der Waals surface area (Å²) in [4.78, 5) is 39.9. The zero-order valence-corrected chi connectivity index (χ0v) is 18.4. The van der Waals surface area contributed by atoms with Gasteiger partial charge in [0.05, 0.1) is 11.3 Å². The highest BCUT2D eigenvalue weighted by atomic mass is 16.2. The van der Waals surface area contributed by atoms with E-state index in [1.165, 1.54) is 11.8 Å². The lowest BCUT2D eigenvalue weighted by molar-refractivity contribution is -0.120. The molecule has 166 valence electrons. The van der Waals surface area contributed by atoms with Gasteiger partial charge in [-0.15, -0.1) is 0 Å². The van der Waals surface area contributed by atoms with Gasteiger partial charge in [-0.3, -0.25) is 14.4 Å². The molecule has 0 radical (unpaired) electrons. The molecule has 6 nitrogen and oxygen atoms in total. The fraction of sp³-hybridized carbons (Fsp3) is 0.0357. The topological polar surface area (TPSA) is 78.5 Å². The van der Waals surface area contributed by atoms with Crippen LogP contribution < -0.4 is 15.5 Å². The molecule has 34 heavy (non-hydrogen) atoms. The van der Waals surface area contributed by atoms with E-state index < -0.39 is 5.91 Å². The highest BCUT2D eigenvalue weighted by Crippen LogP contribution is 2.36. The van der Waals surface area contributed by atoms with Gasteiger partial charge < -0.3 is 10.6 Å². The van der Waals surface area contributed by atoms with Crippen LogP contribution in [-0.4, -0.2) is 17.7 Å². The van der Waals surface area contributed by atoms with E-state index in [0.717, 1.165) is 10.8 Å². The van der Waals surface area contributed by atoms with Crippen LogP contribution in [0.5, 0.6) is 0 Å². The number of benzene rings is 4. The Bertz CT molecular complexity index is 1450. The van der Waals surface area contributed by atoms with Crippen molar-refractivity contribution in [2.45, 2.75) is 6.92 Å². The molecule has 0 unspecified atom stereocenters. The minimum Gasteiger partial charge on any atom is -0.350 e. The molecular formula is C28H21N3O3. The highest BCUT2D eigenvalue weighted by Gasteiger charge is 2.40. The van der Waals surface area contributed by atoms with Gasteiger partial charge in [-0.25, -0.2) is 4.90 Å². The first kappa shape index (κ1) is 21.2. The molecule has 2 N–H and O–H groups in total. The molecule has 0 saturated carbocycles. The van der Waals surface area contributed by atoms with Crippen LogP contribution in [0.25, 0.3) is 16.3 Å². The zero-order valence-electron chi connectivity index (χ0n) is 18.4.